The zero-order valence-corrected chi connectivity index (χ0v) is 12.7. The van der Waals surface area contributed by atoms with Crippen molar-refractivity contribution < 1.29 is 9.18 Å². The van der Waals surface area contributed by atoms with Gasteiger partial charge >= 0.3 is 0 Å². The highest BCUT2D eigenvalue weighted by Crippen LogP contribution is 2.10. The molecule has 2 aromatic carbocycles. The molecular formula is C18H21FN2O. The molecule has 0 aliphatic heterocycles. The zero-order chi connectivity index (χ0) is 15.9. The summed E-state index contributed by atoms with van der Waals surface area (Å²) in [5.41, 5.74) is 8.71. The van der Waals surface area contributed by atoms with Crippen LogP contribution in [0.5, 0.6) is 0 Å². The van der Waals surface area contributed by atoms with Gasteiger partial charge in [0.2, 0.25) is 5.91 Å². The number of benzene rings is 2. The maximum Gasteiger partial charge on any atom is 0.221 e. The fourth-order valence-electron chi connectivity index (χ4n) is 2.24. The van der Waals surface area contributed by atoms with Gasteiger partial charge < -0.3 is 11.1 Å². The molecule has 0 radical (unpaired) electrons. The van der Waals surface area contributed by atoms with Gasteiger partial charge in [0.25, 0.3) is 0 Å². The maximum absolute atomic E-state index is 13.5. The van der Waals surface area contributed by atoms with E-state index in [-0.39, 0.29) is 18.1 Å². The van der Waals surface area contributed by atoms with Crippen LogP contribution in [0.3, 0.4) is 0 Å². The Morgan fingerprint density at radius 2 is 1.86 bits per heavy atom. The first-order chi connectivity index (χ1) is 10.5. The monoisotopic (exact) mass is 300 g/mol. The van der Waals surface area contributed by atoms with E-state index in [2.05, 4.69) is 5.32 Å². The van der Waals surface area contributed by atoms with Crippen LogP contribution in [0.1, 0.15) is 23.1 Å². The first-order valence-electron chi connectivity index (χ1n) is 7.36. The van der Waals surface area contributed by atoms with Crippen LogP contribution in [0.25, 0.3) is 0 Å². The van der Waals surface area contributed by atoms with Crippen molar-refractivity contribution in [3.05, 3.63) is 71.0 Å². The second kappa shape index (κ2) is 7.71. The van der Waals surface area contributed by atoms with E-state index in [1.807, 2.05) is 31.2 Å². The lowest BCUT2D eigenvalue weighted by Crippen LogP contribution is -2.33. The van der Waals surface area contributed by atoms with Crippen LogP contribution in [0.2, 0.25) is 0 Å². The first kappa shape index (κ1) is 16.2. The van der Waals surface area contributed by atoms with E-state index < -0.39 is 6.04 Å². The predicted octanol–water partition coefficient (Wildman–Crippen LogP) is 2.71. The molecule has 3 N–H and O–H groups in total. The second-order valence-corrected chi connectivity index (χ2v) is 5.52. The molecule has 0 aromatic heterocycles. The summed E-state index contributed by atoms with van der Waals surface area (Å²) in [5, 5.41) is 2.84. The van der Waals surface area contributed by atoms with Gasteiger partial charge in [0.1, 0.15) is 5.82 Å². The van der Waals surface area contributed by atoms with Crippen LogP contribution in [0.15, 0.2) is 48.5 Å². The summed E-state index contributed by atoms with van der Waals surface area (Å²) in [6, 6.07) is 14.1. The van der Waals surface area contributed by atoms with Crippen molar-refractivity contribution >= 4 is 5.91 Å². The van der Waals surface area contributed by atoms with Crippen LogP contribution in [0.4, 0.5) is 4.39 Å². The highest BCUT2D eigenvalue weighted by atomic mass is 19.1. The number of carbonyl (C=O) groups excluding carboxylic acids is 1. The van der Waals surface area contributed by atoms with E-state index in [0.717, 1.165) is 5.56 Å². The molecule has 1 amide bonds. The zero-order valence-electron chi connectivity index (χ0n) is 12.7. The Kier molecular flexibility index (Phi) is 5.67. The molecule has 0 saturated heterocycles. The van der Waals surface area contributed by atoms with Crippen molar-refractivity contribution in [2.45, 2.75) is 32.4 Å². The number of nitrogens with one attached hydrogen (secondary N) is 1. The number of aryl methyl sites for hydroxylation is 1. The standard InChI is InChI=1S/C18H21FN2O/c1-13-6-8-14(9-7-13)12-21-18(22)11-16(20)10-15-4-2-3-5-17(15)19/h2-9,16H,10-12,20H2,1H3,(H,21,22)/t16-/m1/s1. The van der Waals surface area contributed by atoms with Gasteiger partial charge in [0.15, 0.2) is 0 Å². The van der Waals surface area contributed by atoms with E-state index in [0.29, 0.717) is 18.5 Å². The van der Waals surface area contributed by atoms with Crippen molar-refractivity contribution in [1.82, 2.24) is 5.32 Å². The fraction of sp³-hybridized carbons (Fsp3) is 0.278. The number of hydrogen-bond acceptors (Lipinski definition) is 2. The number of nitrogens with two attached hydrogens (primary N) is 1. The maximum atomic E-state index is 13.5. The third-order valence-corrected chi connectivity index (χ3v) is 3.50. The number of hydrogen-bond donors (Lipinski definition) is 2. The SMILES string of the molecule is Cc1ccc(CNC(=O)C[C@H](N)Cc2ccccc2F)cc1. The molecule has 0 unspecified atom stereocenters. The van der Waals surface area contributed by atoms with Crippen molar-refractivity contribution in [2.24, 2.45) is 5.73 Å². The minimum absolute atomic E-state index is 0.121. The Morgan fingerprint density at radius 1 is 1.18 bits per heavy atom. The average molecular weight is 300 g/mol. The summed E-state index contributed by atoms with van der Waals surface area (Å²) in [6.07, 6.45) is 0.533. The Morgan fingerprint density at radius 3 is 2.55 bits per heavy atom. The molecule has 2 rings (SSSR count). The first-order valence-corrected chi connectivity index (χ1v) is 7.36. The fourth-order valence-corrected chi connectivity index (χ4v) is 2.24. The number of halogens is 1. The lowest BCUT2D eigenvalue weighted by atomic mass is 10.0. The van der Waals surface area contributed by atoms with Gasteiger partial charge in [0, 0.05) is 19.0 Å². The average Bonchev–Trinajstić information content (AvgIpc) is 2.49. The van der Waals surface area contributed by atoms with Gasteiger partial charge in [-0.1, -0.05) is 48.0 Å². The number of amides is 1. The molecule has 4 heteroatoms. The topological polar surface area (TPSA) is 55.1 Å². The Bertz CT molecular complexity index is 625. The van der Waals surface area contributed by atoms with Crippen LogP contribution in [-0.4, -0.2) is 11.9 Å². The van der Waals surface area contributed by atoms with Gasteiger partial charge in [-0.15, -0.1) is 0 Å². The van der Waals surface area contributed by atoms with Crippen molar-refractivity contribution in [3.63, 3.8) is 0 Å². The summed E-state index contributed by atoms with van der Waals surface area (Å²) in [7, 11) is 0. The van der Waals surface area contributed by atoms with Crippen molar-refractivity contribution in [1.29, 1.82) is 0 Å². The molecule has 3 nitrogen and oxygen atoms in total. The minimum atomic E-state index is -0.394. The molecule has 22 heavy (non-hydrogen) atoms. The molecule has 0 spiro atoms. The Labute approximate surface area is 130 Å². The molecule has 0 fully saturated rings. The summed E-state index contributed by atoms with van der Waals surface area (Å²) >= 11 is 0. The molecule has 116 valence electrons. The summed E-state index contributed by atoms with van der Waals surface area (Å²) in [5.74, 6) is -0.401. The third kappa shape index (κ3) is 4.97. The van der Waals surface area contributed by atoms with Crippen LogP contribution < -0.4 is 11.1 Å². The highest BCUT2D eigenvalue weighted by Gasteiger charge is 2.12. The van der Waals surface area contributed by atoms with Gasteiger partial charge in [0.05, 0.1) is 0 Å². The molecule has 0 bridgehead atoms. The molecule has 0 aliphatic rings. The lowest BCUT2D eigenvalue weighted by molar-refractivity contribution is -0.121. The Balaban J connectivity index is 1.79. The van der Waals surface area contributed by atoms with Crippen molar-refractivity contribution in [3.8, 4) is 0 Å². The third-order valence-electron chi connectivity index (χ3n) is 3.50. The molecular weight excluding hydrogens is 279 g/mol. The molecule has 0 heterocycles. The minimum Gasteiger partial charge on any atom is -0.352 e. The summed E-state index contributed by atoms with van der Waals surface area (Å²) in [4.78, 5) is 11.9. The normalized spacial score (nSPS) is 12.0. The lowest BCUT2D eigenvalue weighted by Gasteiger charge is -2.12. The smallest absolute Gasteiger partial charge is 0.221 e. The molecule has 2 aromatic rings. The van der Waals surface area contributed by atoms with E-state index in [4.69, 9.17) is 5.73 Å². The van der Waals surface area contributed by atoms with Crippen LogP contribution >= 0.6 is 0 Å². The molecule has 0 aliphatic carbocycles. The van der Waals surface area contributed by atoms with E-state index >= 15 is 0 Å². The van der Waals surface area contributed by atoms with Crippen LogP contribution in [0, 0.1) is 12.7 Å². The highest BCUT2D eigenvalue weighted by molar-refractivity contribution is 5.76. The molecule has 1 atom stereocenters. The number of rotatable bonds is 6. The van der Waals surface area contributed by atoms with Gasteiger partial charge in [-0.05, 0) is 30.5 Å². The van der Waals surface area contributed by atoms with E-state index in [9.17, 15) is 9.18 Å². The number of carbonyl (C=O) groups is 1. The second-order valence-electron chi connectivity index (χ2n) is 5.52. The van der Waals surface area contributed by atoms with E-state index in [1.54, 1.807) is 18.2 Å². The van der Waals surface area contributed by atoms with Gasteiger partial charge in [-0.25, -0.2) is 4.39 Å². The quantitative estimate of drug-likeness (QED) is 0.862. The predicted molar refractivity (Wildman–Crippen MR) is 85.7 cm³/mol. The molecule has 0 saturated carbocycles. The van der Waals surface area contributed by atoms with Crippen molar-refractivity contribution in [2.75, 3.05) is 0 Å². The van der Waals surface area contributed by atoms with E-state index in [1.165, 1.54) is 11.6 Å². The summed E-state index contributed by atoms with van der Waals surface area (Å²) < 4.78 is 13.5. The Hall–Kier alpha value is -2.20. The largest absolute Gasteiger partial charge is 0.352 e. The van der Waals surface area contributed by atoms with Gasteiger partial charge in [-0.3, -0.25) is 4.79 Å². The summed E-state index contributed by atoms with van der Waals surface area (Å²) in [6.45, 7) is 2.50. The van der Waals surface area contributed by atoms with Gasteiger partial charge in [-0.2, -0.15) is 0 Å². The van der Waals surface area contributed by atoms with Crippen LogP contribution in [-0.2, 0) is 17.8 Å².